The molecule has 1 aliphatic rings. The summed E-state index contributed by atoms with van der Waals surface area (Å²) < 4.78 is 12.8. The van der Waals surface area contributed by atoms with Crippen molar-refractivity contribution < 1.29 is 24.8 Å². The zero-order valence-corrected chi connectivity index (χ0v) is 15.8. The number of anilines is 1. The Bertz CT molecular complexity index is 953. The van der Waals surface area contributed by atoms with E-state index in [0.29, 0.717) is 23.6 Å². The second kappa shape index (κ2) is 8.29. The number of nitrogens with one attached hydrogen (secondary N) is 1. The van der Waals surface area contributed by atoms with Gasteiger partial charge in [-0.25, -0.2) is 15.0 Å². The second-order valence-corrected chi connectivity index (χ2v) is 6.94. The number of hydrogen-bond donors (Lipinski definition) is 4. The number of fused-ring (bicyclic) bond motifs is 1. The van der Waals surface area contributed by atoms with E-state index >= 15 is 0 Å². The molecule has 10 nitrogen and oxygen atoms in total. The minimum absolute atomic E-state index is 0.0626. The molecule has 0 bridgehead atoms. The molecule has 0 spiro atoms. The largest absolute Gasteiger partial charge is 0.491 e. The molecule has 1 aliphatic heterocycles. The molecule has 2 unspecified atom stereocenters. The highest BCUT2D eigenvalue weighted by atomic mass is 16.6. The van der Waals surface area contributed by atoms with E-state index in [2.05, 4.69) is 20.3 Å². The maximum atomic E-state index is 10.3. The van der Waals surface area contributed by atoms with Crippen LogP contribution in [-0.2, 0) is 4.74 Å². The molecule has 5 atom stereocenters. The summed E-state index contributed by atoms with van der Waals surface area (Å²) in [6.45, 7) is 1.98. The van der Waals surface area contributed by atoms with Gasteiger partial charge in [0.2, 0.25) is 0 Å². The second-order valence-electron chi connectivity index (χ2n) is 6.94. The highest BCUT2D eigenvalue weighted by Gasteiger charge is 2.44. The summed E-state index contributed by atoms with van der Waals surface area (Å²) in [7, 11) is 0. The summed E-state index contributed by atoms with van der Waals surface area (Å²) in [5.74, 6) is 1.30. The van der Waals surface area contributed by atoms with Crippen molar-refractivity contribution in [2.45, 2.75) is 37.5 Å². The van der Waals surface area contributed by atoms with Crippen molar-refractivity contribution >= 4 is 17.0 Å². The molecule has 154 valence electrons. The molecule has 0 amide bonds. The van der Waals surface area contributed by atoms with Crippen LogP contribution >= 0.6 is 0 Å². The summed E-state index contributed by atoms with van der Waals surface area (Å²) in [6.07, 6.45) is -1.34. The van der Waals surface area contributed by atoms with E-state index in [1.165, 1.54) is 17.2 Å². The van der Waals surface area contributed by atoms with Crippen LogP contribution in [0.15, 0.2) is 43.0 Å². The summed E-state index contributed by atoms with van der Waals surface area (Å²) >= 11 is 0. The molecule has 0 radical (unpaired) electrons. The van der Waals surface area contributed by atoms with Crippen LogP contribution < -0.4 is 10.1 Å². The summed E-state index contributed by atoms with van der Waals surface area (Å²) in [6, 6.07) is 9.45. The molecule has 1 aromatic carbocycles. The molecular formula is C19H23N5O5. The van der Waals surface area contributed by atoms with Crippen LogP contribution in [-0.4, -0.2) is 72.4 Å². The fourth-order valence-corrected chi connectivity index (χ4v) is 3.27. The molecule has 1 saturated heterocycles. The zero-order chi connectivity index (χ0) is 20.4. The van der Waals surface area contributed by atoms with Gasteiger partial charge in [-0.3, -0.25) is 4.57 Å². The topological polar surface area (TPSA) is 135 Å². The predicted octanol–water partition coefficient (Wildman–Crippen LogP) is 0.317. The number of benzene rings is 1. The Labute approximate surface area is 166 Å². The van der Waals surface area contributed by atoms with Crippen LogP contribution in [0.4, 0.5) is 5.82 Å². The lowest BCUT2D eigenvalue weighted by molar-refractivity contribution is -0.0511. The Morgan fingerprint density at radius 3 is 2.69 bits per heavy atom. The number of ether oxygens (including phenoxy) is 2. The minimum atomic E-state index is -1.21. The molecule has 3 heterocycles. The Morgan fingerprint density at radius 2 is 1.97 bits per heavy atom. The van der Waals surface area contributed by atoms with Gasteiger partial charge >= 0.3 is 0 Å². The van der Waals surface area contributed by atoms with E-state index < -0.39 is 31.1 Å². The lowest BCUT2D eigenvalue weighted by atomic mass is 10.1. The van der Waals surface area contributed by atoms with Crippen LogP contribution in [0.25, 0.3) is 11.2 Å². The number of para-hydroxylation sites is 1. The van der Waals surface area contributed by atoms with E-state index in [9.17, 15) is 15.3 Å². The van der Waals surface area contributed by atoms with Gasteiger partial charge in [0.1, 0.15) is 37.0 Å². The van der Waals surface area contributed by atoms with E-state index in [1.54, 1.807) is 0 Å². The minimum Gasteiger partial charge on any atom is -0.491 e. The number of imidazole rings is 1. The normalized spacial score (nSPS) is 25.2. The molecule has 4 rings (SSSR count). The van der Waals surface area contributed by atoms with Crippen molar-refractivity contribution in [3.05, 3.63) is 43.0 Å². The first-order chi connectivity index (χ1) is 14.1. The number of aromatic nitrogens is 4. The quantitative estimate of drug-likeness (QED) is 0.441. The lowest BCUT2D eigenvalue weighted by Crippen LogP contribution is -2.33. The summed E-state index contributed by atoms with van der Waals surface area (Å²) in [5.41, 5.74) is 0.935. The Balaban J connectivity index is 1.50. The SMILES string of the molecule is C[C@H](COc1ccccc1)Nc1ncnc2c1ncn2[C@@H]1O[C@H](CO)C(O)C1O. The molecule has 4 N–H and O–H groups in total. The Kier molecular flexibility index (Phi) is 5.58. The van der Waals surface area contributed by atoms with Crippen LogP contribution in [0, 0.1) is 0 Å². The van der Waals surface area contributed by atoms with Crippen LogP contribution in [0.2, 0.25) is 0 Å². The van der Waals surface area contributed by atoms with Gasteiger partial charge in [-0.15, -0.1) is 0 Å². The third kappa shape index (κ3) is 3.87. The molecule has 0 aliphatic carbocycles. The van der Waals surface area contributed by atoms with Crippen molar-refractivity contribution in [1.82, 2.24) is 19.5 Å². The number of aliphatic hydroxyl groups is 3. The number of hydrogen-bond acceptors (Lipinski definition) is 9. The van der Waals surface area contributed by atoms with Crippen molar-refractivity contribution in [3.8, 4) is 5.75 Å². The van der Waals surface area contributed by atoms with Crippen LogP contribution in [0.3, 0.4) is 0 Å². The number of aliphatic hydroxyl groups excluding tert-OH is 3. The maximum absolute atomic E-state index is 10.3. The first kappa shape index (κ1) is 19.5. The van der Waals surface area contributed by atoms with Gasteiger partial charge in [0.25, 0.3) is 0 Å². The summed E-state index contributed by atoms with van der Waals surface area (Å²) in [5, 5.41) is 32.8. The van der Waals surface area contributed by atoms with Gasteiger partial charge in [-0.2, -0.15) is 0 Å². The lowest BCUT2D eigenvalue weighted by Gasteiger charge is -2.17. The Morgan fingerprint density at radius 1 is 1.17 bits per heavy atom. The highest BCUT2D eigenvalue weighted by molar-refractivity contribution is 5.82. The first-order valence-corrected chi connectivity index (χ1v) is 9.33. The maximum Gasteiger partial charge on any atom is 0.167 e. The van der Waals surface area contributed by atoms with Crippen molar-refractivity contribution in [1.29, 1.82) is 0 Å². The summed E-state index contributed by atoms with van der Waals surface area (Å²) in [4.78, 5) is 12.8. The number of nitrogens with zero attached hydrogens (tertiary/aromatic N) is 4. The Hall–Kier alpha value is -2.79. The van der Waals surface area contributed by atoms with Gasteiger partial charge in [0.05, 0.1) is 19.0 Å². The molecule has 2 aromatic heterocycles. The molecule has 29 heavy (non-hydrogen) atoms. The molecule has 10 heteroatoms. The van der Waals surface area contributed by atoms with Gasteiger partial charge in [-0.1, -0.05) is 18.2 Å². The highest BCUT2D eigenvalue weighted by Crippen LogP contribution is 2.32. The van der Waals surface area contributed by atoms with E-state index in [-0.39, 0.29) is 6.04 Å². The predicted molar refractivity (Wildman–Crippen MR) is 103 cm³/mol. The molecule has 1 fully saturated rings. The monoisotopic (exact) mass is 401 g/mol. The van der Waals surface area contributed by atoms with E-state index in [1.807, 2.05) is 37.3 Å². The smallest absolute Gasteiger partial charge is 0.167 e. The van der Waals surface area contributed by atoms with Gasteiger partial charge in [0.15, 0.2) is 23.2 Å². The third-order valence-corrected chi connectivity index (χ3v) is 4.78. The van der Waals surface area contributed by atoms with E-state index in [0.717, 1.165) is 5.75 Å². The standard InChI is InChI=1S/C19H23N5O5/c1-11(8-28-12-5-3-2-4-6-12)23-17-14-18(21-9-20-17)24(10-22-14)19-16(27)15(26)13(7-25)29-19/h2-6,9-11,13,15-16,19,25-27H,7-8H2,1H3,(H,20,21,23)/t11-,13-,15?,16?,19-/m1/s1. The first-order valence-electron chi connectivity index (χ1n) is 9.33. The van der Waals surface area contributed by atoms with Gasteiger partial charge < -0.3 is 30.1 Å². The van der Waals surface area contributed by atoms with Crippen molar-refractivity contribution in [3.63, 3.8) is 0 Å². The zero-order valence-electron chi connectivity index (χ0n) is 15.8. The van der Waals surface area contributed by atoms with Crippen LogP contribution in [0.1, 0.15) is 13.2 Å². The molecular weight excluding hydrogens is 378 g/mol. The molecule has 0 saturated carbocycles. The molecule has 3 aromatic rings. The number of rotatable bonds is 7. The van der Waals surface area contributed by atoms with Crippen LogP contribution in [0.5, 0.6) is 5.75 Å². The third-order valence-electron chi connectivity index (χ3n) is 4.78. The van der Waals surface area contributed by atoms with E-state index in [4.69, 9.17) is 9.47 Å². The average Bonchev–Trinajstić information content (AvgIpc) is 3.29. The van der Waals surface area contributed by atoms with Gasteiger partial charge in [-0.05, 0) is 19.1 Å². The van der Waals surface area contributed by atoms with Crippen molar-refractivity contribution in [2.24, 2.45) is 0 Å². The average molecular weight is 401 g/mol. The fraction of sp³-hybridized carbons (Fsp3) is 0.421. The van der Waals surface area contributed by atoms with Crippen molar-refractivity contribution in [2.75, 3.05) is 18.5 Å². The fourth-order valence-electron chi connectivity index (χ4n) is 3.27. The van der Waals surface area contributed by atoms with Gasteiger partial charge in [0, 0.05) is 0 Å².